The number of rotatable bonds is 4. The van der Waals surface area contributed by atoms with Crippen molar-refractivity contribution in [2.75, 3.05) is 18.8 Å². The Morgan fingerprint density at radius 3 is 2.94 bits per heavy atom. The number of likely N-dealkylation sites (tertiary alicyclic amines) is 1. The second-order valence-electron chi connectivity index (χ2n) is 4.95. The molecule has 0 saturated carbocycles. The molecule has 1 aliphatic heterocycles. The maximum Gasteiger partial charge on any atom is 0.136 e. The van der Waals surface area contributed by atoms with Crippen LogP contribution in [-0.4, -0.2) is 35.8 Å². The van der Waals surface area contributed by atoms with Crippen LogP contribution >= 0.6 is 11.8 Å². The number of nitrogens with zero attached hydrogens (tertiary/aromatic N) is 1. The first kappa shape index (κ1) is 13.8. The third-order valence-corrected chi connectivity index (χ3v) is 4.56. The minimum Gasteiger partial charge on any atom is -0.328 e. The Morgan fingerprint density at radius 2 is 2.22 bits per heavy atom. The highest BCUT2D eigenvalue weighted by Gasteiger charge is 2.22. The molecule has 1 fully saturated rings. The van der Waals surface area contributed by atoms with Crippen LogP contribution < -0.4 is 5.73 Å². The number of hydrogen-bond donors (Lipinski definition) is 1. The molecule has 0 bridgehead atoms. The summed E-state index contributed by atoms with van der Waals surface area (Å²) in [5, 5.41) is 0. The summed E-state index contributed by atoms with van der Waals surface area (Å²) in [5.74, 6) is 0.816. The molecule has 2 unspecified atom stereocenters. The minimum atomic E-state index is -0.115. The fourth-order valence-corrected chi connectivity index (χ4v) is 3.35. The monoisotopic (exact) mass is 268 g/mol. The molecule has 1 aromatic rings. The molecule has 2 nitrogen and oxygen atoms in total. The van der Waals surface area contributed by atoms with Gasteiger partial charge in [0.2, 0.25) is 0 Å². The van der Waals surface area contributed by atoms with E-state index in [-0.39, 0.29) is 5.82 Å². The van der Waals surface area contributed by atoms with Gasteiger partial charge in [0.15, 0.2) is 0 Å². The van der Waals surface area contributed by atoms with Crippen LogP contribution in [0.3, 0.4) is 0 Å². The van der Waals surface area contributed by atoms with E-state index in [1.54, 1.807) is 17.8 Å². The van der Waals surface area contributed by atoms with Gasteiger partial charge in [0.25, 0.3) is 0 Å². The molecular weight excluding hydrogens is 247 g/mol. The summed E-state index contributed by atoms with van der Waals surface area (Å²) in [6, 6.07) is 7.88. The number of thioether (sulfide) groups is 1. The fourth-order valence-electron chi connectivity index (χ4n) is 2.42. The van der Waals surface area contributed by atoms with Crippen LogP contribution in [0.15, 0.2) is 29.2 Å². The van der Waals surface area contributed by atoms with Crippen LogP contribution in [0.5, 0.6) is 0 Å². The summed E-state index contributed by atoms with van der Waals surface area (Å²) in [7, 11) is 0. The summed E-state index contributed by atoms with van der Waals surface area (Å²) in [6.07, 6.45) is 2.15. The summed E-state index contributed by atoms with van der Waals surface area (Å²) in [4.78, 5) is 3.20. The lowest BCUT2D eigenvalue weighted by Gasteiger charge is -2.36. The molecule has 1 aromatic carbocycles. The van der Waals surface area contributed by atoms with Crippen LogP contribution in [0.2, 0.25) is 0 Å². The molecular formula is C14H21FN2S. The molecule has 0 aromatic heterocycles. The highest BCUT2D eigenvalue weighted by Crippen LogP contribution is 2.22. The molecule has 0 aliphatic carbocycles. The first-order valence-electron chi connectivity index (χ1n) is 6.54. The van der Waals surface area contributed by atoms with Gasteiger partial charge in [-0.3, -0.25) is 4.90 Å². The van der Waals surface area contributed by atoms with Crippen molar-refractivity contribution in [2.45, 2.75) is 36.7 Å². The SMILES string of the molecule is CC1CC(N)CCN1CCSc1ccccc1F. The zero-order chi connectivity index (χ0) is 13.0. The number of halogens is 1. The Bertz CT molecular complexity index is 386. The van der Waals surface area contributed by atoms with E-state index in [0.29, 0.717) is 12.1 Å². The maximum absolute atomic E-state index is 13.4. The summed E-state index contributed by atoms with van der Waals surface area (Å²) in [6.45, 7) is 4.31. The molecule has 2 rings (SSSR count). The van der Waals surface area contributed by atoms with Gasteiger partial charge in [0, 0.05) is 29.3 Å². The molecule has 1 aliphatic rings. The van der Waals surface area contributed by atoms with Gasteiger partial charge in [-0.2, -0.15) is 0 Å². The Labute approximate surface area is 113 Å². The largest absolute Gasteiger partial charge is 0.328 e. The van der Waals surface area contributed by atoms with Gasteiger partial charge in [0.05, 0.1) is 0 Å². The lowest BCUT2D eigenvalue weighted by Crippen LogP contribution is -2.46. The van der Waals surface area contributed by atoms with Crippen LogP contribution in [0.1, 0.15) is 19.8 Å². The second kappa shape index (κ2) is 6.55. The summed E-state index contributed by atoms with van der Waals surface area (Å²) >= 11 is 1.60. The number of hydrogen-bond acceptors (Lipinski definition) is 3. The standard InChI is InChI=1S/C14H21FN2S/c1-11-10-12(16)6-7-17(11)8-9-18-14-5-3-2-4-13(14)15/h2-5,11-12H,6-10,16H2,1H3. The van der Waals surface area contributed by atoms with Crippen molar-refractivity contribution in [3.63, 3.8) is 0 Å². The van der Waals surface area contributed by atoms with Crippen molar-refractivity contribution in [1.82, 2.24) is 4.90 Å². The summed E-state index contributed by atoms with van der Waals surface area (Å²) in [5.41, 5.74) is 5.95. The Balaban J connectivity index is 1.77. The predicted octanol–water partition coefficient (Wildman–Crippen LogP) is 2.73. The molecule has 0 amide bonds. The van der Waals surface area contributed by atoms with Crippen LogP contribution in [0, 0.1) is 5.82 Å². The molecule has 100 valence electrons. The molecule has 1 saturated heterocycles. The molecule has 4 heteroatoms. The van der Waals surface area contributed by atoms with E-state index in [9.17, 15) is 4.39 Å². The van der Waals surface area contributed by atoms with Gasteiger partial charge in [-0.15, -0.1) is 11.8 Å². The van der Waals surface area contributed by atoms with E-state index < -0.39 is 0 Å². The quantitative estimate of drug-likeness (QED) is 0.851. The van der Waals surface area contributed by atoms with Gasteiger partial charge in [-0.05, 0) is 38.4 Å². The molecule has 0 spiro atoms. The Morgan fingerprint density at radius 1 is 1.44 bits per heavy atom. The lowest BCUT2D eigenvalue weighted by atomic mass is 9.99. The van der Waals surface area contributed by atoms with Crippen molar-refractivity contribution in [1.29, 1.82) is 0 Å². The van der Waals surface area contributed by atoms with Gasteiger partial charge in [-0.1, -0.05) is 12.1 Å². The number of benzene rings is 1. The Hall–Kier alpha value is -0.580. The first-order valence-corrected chi connectivity index (χ1v) is 7.52. The Kier molecular flexibility index (Phi) is 5.03. The van der Waals surface area contributed by atoms with Crippen molar-refractivity contribution >= 4 is 11.8 Å². The first-order chi connectivity index (χ1) is 8.66. The van der Waals surface area contributed by atoms with E-state index in [2.05, 4.69) is 11.8 Å². The fraction of sp³-hybridized carbons (Fsp3) is 0.571. The van der Waals surface area contributed by atoms with Crippen LogP contribution in [-0.2, 0) is 0 Å². The van der Waals surface area contributed by atoms with Gasteiger partial charge < -0.3 is 5.73 Å². The average molecular weight is 268 g/mol. The number of nitrogens with two attached hydrogens (primary N) is 1. The molecule has 0 radical (unpaired) electrons. The molecule has 2 atom stereocenters. The van der Waals surface area contributed by atoms with E-state index in [0.717, 1.165) is 36.6 Å². The molecule has 18 heavy (non-hydrogen) atoms. The van der Waals surface area contributed by atoms with E-state index in [1.807, 2.05) is 12.1 Å². The van der Waals surface area contributed by atoms with Crippen molar-refractivity contribution < 1.29 is 4.39 Å². The highest BCUT2D eigenvalue weighted by molar-refractivity contribution is 7.99. The zero-order valence-corrected chi connectivity index (χ0v) is 11.6. The average Bonchev–Trinajstić information content (AvgIpc) is 2.34. The highest BCUT2D eigenvalue weighted by atomic mass is 32.2. The number of piperidine rings is 1. The summed E-state index contributed by atoms with van der Waals surface area (Å²) < 4.78 is 13.4. The van der Waals surface area contributed by atoms with Gasteiger partial charge in [-0.25, -0.2) is 4.39 Å². The van der Waals surface area contributed by atoms with Gasteiger partial charge in [0.1, 0.15) is 5.82 Å². The van der Waals surface area contributed by atoms with Crippen molar-refractivity contribution in [3.8, 4) is 0 Å². The van der Waals surface area contributed by atoms with E-state index >= 15 is 0 Å². The second-order valence-corrected chi connectivity index (χ2v) is 6.09. The van der Waals surface area contributed by atoms with Crippen LogP contribution in [0.25, 0.3) is 0 Å². The lowest BCUT2D eigenvalue weighted by molar-refractivity contribution is 0.157. The van der Waals surface area contributed by atoms with Crippen molar-refractivity contribution in [2.24, 2.45) is 5.73 Å². The third-order valence-electron chi connectivity index (χ3n) is 3.53. The van der Waals surface area contributed by atoms with Crippen molar-refractivity contribution in [3.05, 3.63) is 30.1 Å². The maximum atomic E-state index is 13.4. The normalized spacial score (nSPS) is 25.3. The van der Waals surface area contributed by atoms with E-state index in [1.165, 1.54) is 6.07 Å². The topological polar surface area (TPSA) is 29.3 Å². The zero-order valence-electron chi connectivity index (χ0n) is 10.8. The predicted molar refractivity (Wildman–Crippen MR) is 75.4 cm³/mol. The minimum absolute atomic E-state index is 0.115. The van der Waals surface area contributed by atoms with Gasteiger partial charge >= 0.3 is 0 Å². The molecule has 2 N–H and O–H groups in total. The van der Waals surface area contributed by atoms with Crippen LogP contribution in [0.4, 0.5) is 4.39 Å². The molecule has 1 heterocycles. The third kappa shape index (κ3) is 3.70. The van der Waals surface area contributed by atoms with E-state index in [4.69, 9.17) is 5.73 Å². The smallest absolute Gasteiger partial charge is 0.136 e.